The first-order valence-electron chi connectivity index (χ1n) is 5.86. The fraction of sp³-hybridized carbons (Fsp3) is 1.00. The van der Waals surface area contributed by atoms with Crippen molar-refractivity contribution in [1.82, 2.24) is 0 Å². The van der Waals surface area contributed by atoms with E-state index in [1.54, 1.807) is 0 Å². The average molecular weight is 198 g/mol. The molecule has 0 radical (unpaired) electrons. The third-order valence-electron chi connectivity index (χ3n) is 2.98. The summed E-state index contributed by atoms with van der Waals surface area (Å²) < 4.78 is 5.96. The van der Waals surface area contributed by atoms with Gasteiger partial charge in [0.15, 0.2) is 0 Å². The molecule has 0 bridgehead atoms. The van der Waals surface area contributed by atoms with E-state index in [0.29, 0.717) is 23.0 Å². The van der Waals surface area contributed by atoms with Crippen LogP contribution in [0.2, 0.25) is 0 Å². The monoisotopic (exact) mass is 198 g/mol. The zero-order valence-corrected chi connectivity index (χ0v) is 10.7. The maximum Gasteiger partial charge on any atom is 0.0588 e. The summed E-state index contributed by atoms with van der Waals surface area (Å²) in [5, 5.41) is 0. The molecule has 1 saturated carbocycles. The first-order chi connectivity index (χ1) is 6.20. The predicted octanol–water partition coefficient (Wildman–Crippen LogP) is 4.02. The minimum atomic E-state index is 0.365. The lowest BCUT2D eigenvalue weighted by Gasteiger charge is -2.45. The number of ether oxygens (including phenoxy) is 1. The van der Waals surface area contributed by atoms with Gasteiger partial charge in [-0.2, -0.15) is 0 Å². The molecule has 0 aliphatic heterocycles. The fourth-order valence-corrected chi connectivity index (χ4v) is 3.23. The Kier molecular flexibility index (Phi) is 3.30. The van der Waals surface area contributed by atoms with Crippen LogP contribution in [0.1, 0.15) is 60.8 Å². The Morgan fingerprint density at radius 3 is 1.79 bits per heavy atom. The number of hydrogen-bond acceptors (Lipinski definition) is 1. The quantitative estimate of drug-likeness (QED) is 0.651. The summed E-state index contributed by atoms with van der Waals surface area (Å²) in [5.74, 6) is 0. The highest BCUT2D eigenvalue weighted by molar-refractivity contribution is 4.89. The van der Waals surface area contributed by atoms with Gasteiger partial charge in [0.25, 0.3) is 0 Å². The van der Waals surface area contributed by atoms with Crippen molar-refractivity contribution in [3.8, 4) is 0 Å². The van der Waals surface area contributed by atoms with Crippen molar-refractivity contribution in [3.63, 3.8) is 0 Å². The first-order valence-corrected chi connectivity index (χ1v) is 5.86. The second kappa shape index (κ2) is 3.84. The third kappa shape index (κ3) is 3.61. The Morgan fingerprint density at radius 2 is 1.43 bits per heavy atom. The van der Waals surface area contributed by atoms with Crippen molar-refractivity contribution in [2.75, 3.05) is 0 Å². The summed E-state index contributed by atoms with van der Waals surface area (Å²) in [5.41, 5.74) is 0.891. The first kappa shape index (κ1) is 12.0. The lowest BCUT2D eigenvalue weighted by Crippen LogP contribution is -2.38. The van der Waals surface area contributed by atoms with Crippen molar-refractivity contribution in [1.29, 1.82) is 0 Å². The number of rotatable bonds is 2. The van der Waals surface area contributed by atoms with E-state index in [1.165, 1.54) is 19.3 Å². The Balaban J connectivity index is 2.62. The van der Waals surface area contributed by atoms with Crippen molar-refractivity contribution in [3.05, 3.63) is 0 Å². The van der Waals surface area contributed by atoms with Crippen LogP contribution < -0.4 is 0 Å². The molecule has 0 spiro atoms. The summed E-state index contributed by atoms with van der Waals surface area (Å²) in [6.07, 6.45) is 4.58. The molecular weight excluding hydrogens is 172 g/mol. The van der Waals surface area contributed by atoms with Crippen LogP contribution in [0.5, 0.6) is 0 Å². The fourth-order valence-electron chi connectivity index (χ4n) is 3.23. The standard InChI is InChI=1S/C13H26O/c1-10(2)14-11-7-12(3,4)9-13(5,6)8-11/h10-11H,7-9H2,1-6H3. The summed E-state index contributed by atoms with van der Waals surface area (Å²) in [6.45, 7) is 13.7. The van der Waals surface area contributed by atoms with Crippen LogP contribution in [-0.4, -0.2) is 12.2 Å². The molecule has 0 heterocycles. The minimum Gasteiger partial charge on any atom is -0.376 e. The van der Waals surface area contributed by atoms with Crippen LogP contribution in [0.15, 0.2) is 0 Å². The topological polar surface area (TPSA) is 9.23 Å². The van der Waals surface area contributed by atoms with E-state index in [-0.39, 0.29) is 0 Å². The molecule has 1 aliphatic rings. The lowest BCUT2D eigenvalue weighted by atomic mass is 9.64. The summed E-state index contributed by atoms with van der Waals surface area (Å²) in [4.78, 5) is 0. The number of hydrogen-bond donors (Lipinski definition) is 0. The molecule has 1 rings (SSSR count). The largest absolute Gasteiger partial charge is 0.376 e. The van der Waals surface area contributed by atoms with Crippen molar-refractivity contribution in [2.24, 2.45) is 10.8 Å². The molecule has 1 fully saturated rings. The van der Waals surface area contributed by atoms with Crippen LogP contribution in [0.3, 0.4) is 0 Å². The Labute approximate surface area is 89.2 Å². The van der Waals surface area contributed by atoms with Gasteiger partial charge in [0.05, 0.1) is 12.2 Å². The predicted molar refractivity (Wildman–Crippen MR) is 61.4 cm³/mol. The molecule has 1 aliphatic carbocycles. The van der Waals surface area contributed by atoms with Crippen LogP contribution >= 0.6 is 0 Å². The molecule has 1 nitrogen and oxygen atoms in total. The Morgan fingerprint density at radius 1 is 1.00 bits per heavy atom. The molecule has 0 unspecified atom stereocenters. The Hall–Kier alpha value is -0.0400. The van der Waals surface area contributed by atoms with E-state index >= 15 is 0 Å². The SMILES string of the molecule is CC(C)OC1CC(C)(C)CC(C)(C)C1. The van der Waals surface area contributed by atoms with Gasteiger partial charge in [0.2, 0.25) is 0 Å². The minimum absolute atomic E-state index is 0.365. The second-order valence-corrected chi connectivity index (χ2v) is 6.72. The van der Waals surface area contributed by atoms with Gasteiger partial charge in [-0.25, -0.2) is 0 Å². The molecular formula is C13H26O. The van der Waals surface area contributed by atoms with Gasteiger partial charge in [-0.3, -0.25) is 0 Å². The molecule has 14 heavy (non-hydrogen) atoms. The maximum atomic E-state index is 5.96. The van der Waals surface area contributed by atoms with Gasteiger partial charge in [0, 0.05) is 0 Å². The molecule has 0 aromatic rings. The van der Waals surface area contributed by atoms with Crippen LogP contribution in [-0.2, 0) is 4.74 Å². The average Bonchev–Trinajstić information content (AvgIpc) is 1.74. The molecule has 84 valence electrons. The molecule has 0 N–H and O–H groups in total. The summed E-state index contributed by atoms with van der Waals surface area (Å²) >= 11 is 0. The normalized spacial score (nSPS) is 26.8. The molecule has 0 aromatic heterocycles. The van der Waals surface area contributed by atoms with Gasteiger partial charge in [0.1, 0.15) is 0 Å². The van der Waals surface area contributed by atoms with E-state index in [9.17, 15) is 0 Å². The van der Waals surface area contributed by atoms with E-state index in [4.69, 9.17) is 4.74 Å². The molecule has 1 heteroatoms. The zero-order valence-electron chi connectivity index (χ0n) is 10.7. The highest BCUT2D eigenvalue weighted by Gasteiger charge is 2.38. The van der Waals surface area contributed by atoms with E-state index in [0.717, 1.165) is 0 Å². The van der Waals surface area contributed by atoms with E-state index in [1.807, 2.05) is 0 Å². The summed E-state index contributed by atoms with van der Waals surface area (Å²) in [6, 6.07) is 0. The van der Waals surface area contributed by atoms with Gasteiger partial charge in [-0.15, -0.1) is 0 Å². The lowest BCUT2D eigenvalue weighted by molar-refractivity contribution is -0.0729. The second-order valence-electron chi connectivity index (χ2n) is 6.72. The smallest absolute Gasteiger partial charge is 0.0588 e. The third-order valence-corrected chi connectivity index (χ3v) is 2.98. The van der Waals surface area contributed by atoms with Crippen molar-refractivity contribution in [2.45, 2.75) is 73.0 Å². The van der Waals surface area contributed by atoms with E-state index < -0.39 is 0 Å². The van der Waals surface area contributed by atoms with Crippen LogP contribution in [0, 0.1) is 10.8 Å². The van der Waals surface area contributed by atoms with E-state index in [2.05, 4.69) is 41.5 Å². The van der Waals surface area contributed by atoms with Crippen LogP contribution in [0.25, 0.3) is 0 Å². The van der Waals surface area contributed by atoms with Crippen molar-refractivity contribution >= 4 is 0 Å². The Bertz CT molecular complexity index is 175. The molecule has 0 atom stereocenters. The van der Waals surface area contributed by atoms with Gasteiger partial charge in [-0.1, -0.05) is 27.7 Å². The molecule has 0 saturated heterocycles. The van der Waals surface area contributed by atoms with Crippen molar-refractivity contribution < 1.29 is 4.74 Å². The molecule has 0 aromatic carbocycles. The van der Waals surface area contributed by atoms with Gasteiger partial charge >= 0.3 is 0 Å². The zero-order chi connectivity index (χ0) is 11.0. The summed E-state index contributed by atoms with van der Waals surface area (Å²) in [7, 11) is 0. The van der Waals surface area contributed by atoms with Gasteiger partial charge < -0.3 is 4.74 Å². The molecule has 0 amide bonds. The highest BCUT2D eigenvalue weighted by Crippen LogP contribution is 2.46. The van der Waals surface area contributed by atoms with Gasteiger partial charge in [-0.05, 0) is 43.9 Å². The highest BCUT2D eigenvalue weighted by atomic mass is 16.5. The van der Waals surface area contributed by atoms with Crippen LogP contribution in [0.4, 0.5) is 0 Å². The maximum absolute atomic E-state index is 5.96.